The number of carbonyl (C=O) groups excluding carboxylic acids is 1. The molecule has 0 aliphatic heterocycles. The van der Waals surface area contributed by atoms with E-state index in [0.717, 1.165) is 5.56 Å². The lowest BCUT2D eigenvalue weighted by Gasteiger charge is -2.01. The Bertz CT molecular complexity index is 786. The number of hydrogen-bond donors (Lipinski definition) is 1. The Morgan fingerprint density at radius 1 is 1.48 bits per heavy atom. The van der Waals surface area contributed by atoms with Gasteiger partial charge >= 0.3 is 0 Å². The third kappa shape index (κ3) is 3.92. The maximum absolute atomic E-state index is 11.8. The summed E-state index contributed by atoms with van der Waals surface area (Å²) in [6, 6.07) is 3.62. The van der Waals surface area contributed by atoms with Gasteiger partial charge in [-0.25, -0.2) is 0 Å². The van der Waals surface area contributed by atoms with Crippen LogP contribution in [0.5, 0.6) is 0 Å². The summed E-state index contributed by atoms with van der Waals surface area (Å²) < 4.78 is 6.85. The summed E-state index contributed by atoms with van der Waals surface area (Å²) >= 11 is 1.30. The number of rotatable bonds is 6. The van der Waals surface area contributed by atoms with Crippen LogP contribution in [0.1, 0.15) is 5.89 Å². The summed E-state index contributed by atoms with van der Waals surface area (Å²) in [7, 11) is 1.82. The topological polar surface area (TPSA) is 112 Å². The van der Waals surface area contributed by atoms with Gasteiger partial charge in [0.05, 0.1) is 12.3 Å². The van der Waals surface area contributed by atoms with Crippen molar-refractivity contribution < 1.29 is 9.32 Å². The molecule has 0 unspecified atom stereocenters. The second-order valence-corrected chi connectivity index (χ2v) is 5.49. The van der Waals surface area contributed by atoms with Gasteiger partial charge in [-0.15, -0.1) is 10.2 Å². The number of pyridine rings is 1. The fourth-order valence-corrected chi connectivity index (χ4v) is 2.42. The number of aromatic nitrogens is 6. The number of amides is 1. The van der Waals surface area contributed by atoms with Gasteiger partial charge < -0.3 is 14.4 Å². The molecule has 0 spiro atoms. The molecule has 3 aromatic heterocycles. The Kier molecular flexibility index (Phi) is 4.62. The molecule has 0 atom stereocenters. The van der Waals surface area contributed by atoms with E-state index >= 15 is 0 Å². The van der Waals surface area contributed by atoms with Gasteiger partial charge in [-0.1, -0.05) is 16.9 Å². The molecule has 23 heavy (non-hydrogen) atoms. The molecule has 3 heterocycles. The number of nitrogens with zero attached hydrogens (tertiary/aromatic N) is 6. The maximum Gasteiger partial charge on any atom is 0.246 e. The zero-order chi connectivity index (χ0) is 16.1. The molecule has 0 aromatic carbocycles. The Morgan fingerprint density at radius 2 is 2.39 bits per heavy atom. The lowest BCUT2D eigenvalue weighted by molar-refractivity contribution is -0.118. The minimum absolute atomic E-state index is 0.154. The molecule has 10 heteroatoms. The van der Waals surface area contributed by atoms with Crippen molar-refractivity contribution in [2.45, 2.75) is 11.7 Å². The average Bonchev–Trinajstić information content (AvgIpc) is 3.21. The molecule has 1 amide bonds. The highest BCUT2D eigenvalue weighted by molar-refractivity contribution is 7.99. The van der Waals surface area contributed by atoms with E-state index in [1.807, 2.05) is 13.1 Å². The molecular formula is C13H13N7O2S. The van der Waals surface area contributed by atoms with Crippen molar-refractivity contribution in [3.63, 3.8) is 0 Å². The highest BCUT2D eigenvalue weighted by Crippen LogP contribution is 2.14. The summed E-state index contributed by atoms with van der Waals surface area (Å²) in [5, 5.41) is 14.9. The number of hydrogen-bond acceptors (Lipinski definition) is 8. The predicted octanol–water partition coefficient (Wildman–Crippen LogP) is 0.669. The van der Waals surface area contributed by atoms with Crippen LogP contribution in [0.2, 0.25) is 0 Å². The SMILES string of the molecule is Cn1cnnc1SCC(=O)NCc1nc(-c2cccnc2)no1. The highest BCUT2D eigenvalue weighted by atomic mass is 32.2. The molecule has 1 N–H and O–H groups in total. The van der Waals surface area contributed by atoms with Crippen LogP contribution in [0.15, 0.2) is 40.5 Å². The van der Waals surface area contributed by atoms with Crippen molar-refractivity contribution in [1.29, 1.82) is 0 Å². The Labute approximate surface area is 135 Å². The van der Waals surface area contributed by atoms with Crippen LogP contribution >= 0.6 is 11.8 Å². The van der Waals surface area contributed by atoms with Crippen LogP contribution in [-0.2, 0) is 18.4 Å². The largest absolute Gasteiger partial charge is 0.346 e. The summed E-state index contributed by atoms with van der Waals surface area (Å²) in [6.45, 7) is 0.172. The average molecular weight is 331 g/mol. The molecule has 118 valence electrons. The fraction of sp³-hybridized carbons (Fsp3) is 0.231. The predicted molar refractivity (Wildman–Crippen MR) is 81.1 cm³/mol. The van der Waals surface area contributed by atoms with E-state index < -0.39 is 0 Å². The van der Waals surface area contributed by atoms with Crippen molar-refractivity contribution in [3.05, 3.63) is 36.7 Å². The first kappa shape index (κ1) is 15.2. The molecule has 0 fully saturated rings. The number of nitrogens with one attached hydrogen (secondary N) is 1. The standard InChI is InChI=1S/C13H13N7O2S/c1-20-8-16-18-13(20)23-7-10(21)15-6-11-17-12(19-22-11)9-3-2-4-14-5-9/h2-5,8H,6-7H2,1H3,(H,15,21). The van der Waals surface area contributed by atoms with Crippen molar-refractivity contribution in [2.24, 2.45) is 7.05 Å². The summed E-state index contributed by atoms with van der Waals surface area (Å²) in [5.41, 5.74) is 0.756. The van der Waals surface area contributed by atoms with Gasteiger partial charge in [0.1, 0.15) is 6.33 Å². The molecule has 3 rings (SSSR count). The van der Waals surface area contributed by atoms with Crippen molar-refractivity contribution in [2.75, 3.05) is 5.75 Å². The zero-order valence-corrected chi connectivity index (χ0v) is 13.0. The Morgan fingerprint density at radius 3 is 3.13 bits per heavy atom. The highest BCUT2D eigenvalue weighted by Gasteiger charge is 2.11. The van der Waals surface area contributed by atoms with E-state index in [0.29, 0.717) is 16.9 Å². The third-order valence-corrected chi connectivity index (χ3v) is 3.86. The van der Waals surface area contributed by atoms with Crippen LogP contribution in [0.4, 0.5) is 0 Å². The van der Waals surface area contributed by atoms with Gasteiger partial charge in [0.25, 0.3) is 0 Å². The van der Waals surface area contributed by atoms with Crippen molar-refractivity contribution >= 4 is 17.7 Å². The molecule has 0 aliphatic rings. The van der Waals surface area contributed by atoms with Crippen LogP contribution in [0, 0.1) is 0 Å². The first-order valence-corrected chi connectivity index (χ1v) is 7.67. The molecule has 0 saturated heterocycles. The molecule has 0 saturated carbocycles. The first-order chi connectivity index (χ1) is 11.2. The van der Waals surface area contributed by atoms with Gasteiger partial charge in [-0.2, -0.15) is 4.98 Å². The van der Waals surface area contributed by atoms with Gasteiger partial charge in [0.2, 0.25) is 17.6 Å². The molecule has 0 radical (unpaired) electrons. The van der Waals surface area contributed by atoms with Gasteiger partial charge in [-0.05, 0) is 12.1 Å². The molecule has 0 aliphatic carbocycles. The lowest BCUT2D eigenvalue weighted by atomic mass is 10.3. The second kappa shape index (κ2) is 7.01. The normalized spacial score (nSPS) is 10.7. The summed E-state index contributed by atoms with van der Waals surface area (Å²) in [6.07, 6.45) is 4.89. The van der Waals surface area contributed by atoms with E-state index in [1.54, 1.807) is 29.4 Å². The fourth-order valence-electron chi connectivity index (χ4n) is 1.70. The van der Waals surface area contributed by atoms with Crippen molar-refractivity contribution in [3.8, 4) is 11.4 Å². The maximum atomic E-state index is 11.8. The van der Waals surface area contributed by atoms with Crippen LogP contribution in [0.25, 0.3) is 11.4 Å². The van der Waals surface area contributed by atoms with Gasteiger partial charge in [-0.3, -0.25) is 9.78 Å². The number of thioether (sulfide) groups is 1. The molecule has 3 aromatic rings. The minimum atomic E-state index is -0.154. The lowest BCUT2D eigenvalue weighted by Crippen LogP contribution is -2.24. The van der Waals surface area contributed by atoms with E-state index in [2.05, 4.69) is 30.6 Å². The molecular weight excluding hydrogens is 318 g/mol. The van der Waals surface area contributed by atoms with Gasteiger partial charge in [0.15, 0.2) is 5.16 Å². The van der Waals surface area contributed by atoms with Gasteiger partial charge in [0, 0.05) is 25.0 Å². The smallest absolute Gasteiger partial charge is 0.246 e. The monoisotopic (exact) mass is 331 g/mol. The van der Waals surface area contributed by atoms with Crippen LogP contribution in [0.3, 0.4) is 0 Å². The Balaban J connectivity index is 1.50. The molecule has 9 nitrogen and oxygen atoms in total. The number of carbonyl (C=O) groups is 1. The quantitative estimate of drug-likeness (QED) is 0.656. The zero-order valence-electron chi connectivity index (χ0n) is 12.2. The molecule has 0 bridgehead atoms. The minimum Gasteiger partial charge on any atom is -0.346 e. The summed E-state index contributed by atoms with van der Waals surface area (Å²) in [5.74, 6) is 0.853. The van der Waals surface area contributed by atoms with E-state index in [1.165, 1.54) is 11.8 Å². The van der Waals surface area contributed by atoms with E-state index in [4.69, 9.17) is 4.52 Å². The second-order valence-electron chi connectivity index (χ2n) is 4.54. The number of aryl methyl sites for hydroxylation is 1. The van der Waals surface area contributed by atoms with E-state index in [-0.39, 0.29) is 18.2 Å². The van der Waals surface area contributed by atoms with Crippen LogP contribution < -0.4 is 5.32 Å². The van der Waals surface area contributed by atoms with Crippen LogP contribution in [-0.4, -0.2) is 41.5 Å². The van der Waals surface area contributed by atoms with E-state index in [9.17, 15) is 4.79 Å². The van der Waals surface area contributed by atoms with Crippen molar-refractivity contribution in [1.82, 2.24) is 35.2 Å². The third-order valence-electron chi connectivity index (χ3n) is 2.83. The summed E-state index contributed by atoms with van der Waals surface area (Å²) in [4.78, 5) is 20.0. The Hall–Kier alpha value is -2.75. The first-order valence-electron chi connectivity index (χ1n) is 6.69.